The van der Waals surface area contributed by atoms with Gasteiger partial charge in [0.1, 0.15) is 0 Å². The highest BCUT2D eigenvalue weighted by Gasteiger charge is 2.17. The number of rotatable bonds is 6. The van der Waals surface area contributed by atoms with Crippen LogP contribution in [0.2, 0.25) is 0 Å². The Bertz CT molecular complexity index is 227. The maximum atomic E-state index is 11.7. The molecule has 1 atom stereocenters. The summed E-state index contributed by atoms with van der Waals surface area (Å²) in [7, 11) is 0. The van der Waals surface area contributed by atoms with Crippen molar-refractivity contribution in [2.75, 3.05) is 13.1 Å². The molecule has 0 rings (SSSR count). The first kappa shape index (κ1) is 13.9. The molecule has 1 unspecified atom stereocenters. The Morgan fingerprint density at radius 3 is 2.13 bits per heavy atom. The summed E-state index contributed by atoms with van der Waals surface area (Å²) in [6.45, 7) is 6.23. The molecule has 0 fully saturated rings. The quantitative estimate of drug-likeness (QED) is 0.637. The van der Waals surface area contributed by atoms with Crippen molar-refractivity contribution in [2.24, 2.45) is 17.4 Å². The van der Waals surface area contributed by atoms with Crippen molar-refractivity contribution in [1.82, 2.24) is 4.90 Å². The number of carbonyl (C=O) groups is 2. The van der Waals surface area contributed by atoms with Crippen molar-refractivity contribution in [3.8, 4) is 0 Å². The minimum Gasteiger partial charge on any atom is -0.368 e. The lowest BCUT2D eigenvalue weighted by Gasteiger charge is -2.23. The summed E-state index contributed by atoms with van der Waals surface area (Å²) in [6.07, 6.45) is 0.250. The lowest BCUT2D eigenvalue weighted by molar-refractivity contribution is -0.135. The summed E-state index contributed by atoms with van der Waals surface area (Å²) in [4.78, 5) is 23.9. The summed E-state index contributed by atoms with van der Waals surface area (Å²) < 4.78 is 0. The zero-order chi connectivity index (χ0) is 12.0. The molecule has 4 N–H and O–H groups in total. The number of carbonyl (C=O) groups excluding carboxylic acids is 2. The highest BCUT2D eigenvalue weighted by molar-refractivity contribution is 5.84. The van der Waals surface area contributed by atoms with E-state index in [-0.39, 0.29) is 24.9 Å². The van der Waals surface area contributed by atoms with Crippen LogP contribution in [0.15, 0.2) is 0 Å². The molecule has 0 radical (unpaired) electrons. The average molecular weight is 215 g/mol. The van der Waals surface area contributed by atoms with Gasteiger partial charge >= 0.3 is 0 Å². The van der Waals surface area contributed by atoms with Crippen LogP contribution in [0, 0.1) is 5.92 Å². The number of nitrogens with zero attached hydrogens (tertiary/aromatic N) is 1. The molecule has 0 bridgehead atoms. The fraction of sp³-hybridized carbons (Fsp3) is 0.800. The number of hydrogen-bond acceptors (Lipinski definition) is 3. The summed E-state index contributed by atoms with van der Waals surface area (Å²) in [5.41, 5.74) is 10.6. The van der Waals surface area contributed by atoms with Crippen LogP contribution in [0.1, 0.15) is 27.2 Å². The van der Waals surface area contributed by atoms with Crippen molar-refractivity contribution >= 4 is 11.8 Å². The van der Waals surface area contributed by atoms with Gasteiger partial charge in [-0.15, -0.1) is 0 Å². The van der Waals surface area contributed by atoms with Gasteiger partial charge in [0.05, 0.1) is 6.54 Å². The predicted molar refractivity (Wildman–Crippen MR) is 58.9 cm³/mol. The van der Waals surface area contributed by atoms with E-state index in [9.17, 15) is 9.59 Å². The first-order valence-electron chi connectivity index (χ1n) is 5.14. The van der Waals surface area contributed by atoms with Gasteiger partial charge in [-0.1, -0.05) is 13.8 Å². The van der Waals surface area contributed by atoms with Crippen LogP contribution in [-0.2, 0) is 9.59 Å². The van der Waals surface area contributed by atoms with Crippen LogP contribution < -0.4 is 11.5 Å². The van der Waals surface area contributed by atoms with Gasteiger partial charge in [0, 0.05) is 19.0 Å². The van der Waals surface area contributed by atoms with E-state index in [0.29, 0.717) is 12.5 Å². The summed E-state index contributed by atoms with van der Waals surface area (Å²) in [5, 5.41) is 0. The van der Waals surface area contributed by atoms with E-state index >= 15 is 0 Å². The number of amides is 2. The van der Waals surface area contributed by atoms with Crippen LogP contribution >= 0.6 is 0 Å². The van der Waals surface area contributed by atoms with Crippen LogP contribution in [0.4, 0.5) is 0 Å². The average Bonchev–Trinajstić information content (AvgIpc) is 1.99. The van der Waals surface area contributed by atoms with Crippen LogP contribution in [0.5, 0.6) is 0 Å². The fourth-order valence-electron chi connectivity index (χ4n) is 1.29. The molecule has 0 saturated heterocycles. The second-order valence-corrected chi connectivity index (χ2v) is 4.32. The molecule has 0 aromatic heterocycles. The summed E-state index contributed by atoms with van der Waals surface area (Å²) in [6, 6.07) is -0.194. The molecule has 5 heteroatoms. The number of primary amides is 1. The van der Waals surface area contributed by atoms with Gasteiger partial charge in [0.25, 0.3) is 0 Å². The third-order valence-electron chi connectivity index (χ3n) is 1.78. The van der Waals surface area contributed by atoms with Crippen molar-refractivity contribution in [2.45, 2.75) is 33.2 Å². The Hall–Kier alpha value is -1.10. The molecule has 0 aromatic carbocycles. The minimum absolute atomic E-state index is 0.0241. The molecule has 88 valence electrons. The molecular weight excluding hydrogens is 194 g/mol. The van der Waals surface area contributed by atoms with Crippen molar-refractivity contribution in [3.63, 3.8) is 0 Å². The van der Waals surface area contributed by atoms with E-state index in [1.807, 2.05) is 13.8 Å². The van der Waals surface area contributed by atoms with Gasteiger partial charge in [-0.3, -0.25) is 9.59 Å². The molecule has 15 heavy (non-hydrogen) atoms. The Labute approximate surface area is 90.8 Å². The zero-order valence-corrected chi connectivity index (χ0v) is 9.69. The van der Waals surface area contributed by atoms with E-state index in [2.05, 4.69) is 0 Å². The Kier molecular flexibility index (Phi) is 5.93. The Morgan fingerprint density at radius 2 is 1.80 bits per heavy atom. The zero-order valence-electron chi connectivity index (χ0n) is 9.69. The first-order chi connectivity index (χ1) is 6.82. The molecule has 0 saturated carbocycles. The lowest BCUT2D eigenvalue weighted by atomic mass is 10.1. The lowest BCUT2D eigenvalue weighted by Crippen LogP contribution is -2.42. The van der Waals surface area contributed by atoms with Crippen molar-refractivity contribution < 1.29 is 9.59 Å². The standard InChI is InChI=1S/C10H21N3O2/c1-7(2)5-13(6-9(12)14)10(15)4-8(3)11/h7-8H,4-6,11H2,1-3H3,(H2,12,14). The Balaban J connectivity index is 4.33. The maximum Gasteiger partial charge on any atom is 0.237 e. The van der Waals surface area contributed by atoms with E-state index in [4.69, 9.17) is 11.5 Å². The summed E-state index contributed by atoms with van der Waals surface area (Å²) >= 11 is 0. The first-order valence-corrected chi connectivity index (χ1v) is 5.14. The van der Waals surface area contributed by atoms with E-state index in [0.717, 1.165) is 0 Å². The van der Waals surface area contributed by atoms with Gasteiger partial charge in [0.2, 0.25) is 11.8 Å². The van der Waals surface area contributed by atoms with Gasteiger partial charge in [-0.2, -0.15) is 0 Å². The van der Waals surface area contributed by atoms with Gasteiger partial charge in [-0.05, 0) is 12.8 Å². The second-order valence-electron chi connectivity index (χ2n) is 4.32. The molecule has 0 aromatic rings. The van der Waals surface area contributed by atoms with Crippen molar-refractivity contribution in [3.05, 3.63) is 0 Å². The highest BCUT2D eigenvalue weighted by atomic mass is 16.2. The van der Waals surface area contributed by atoms with Gasteiger partial charge < -0.3 is 16.4 Å². The van der Waals surface area contributed by atoms with Gasteiger partial charge in [-0.25, -0.2) is 0 Å². The van der Waals surface area contributed by atoms with Crippen LogP contribution in [-0.4, -0.2) is 35.8 Å². The number of nitrogens with two attached hydrogens (primary N) is 2. The molecule has 0 aliphatic heterocycles. The topological polar surface area (TPSA) is 89.4 Å². The monoisotopic (exact) mass is 215 g/mol. The number of hydrogen-bond donors (Lipinski definition) is 2. The molecule has 0 spiro atoms. The molecular formula is C10H21N3O2. The SMILES string of the molecule is CC(C)CN(CC(N)=O)C(=O)CC(C)N. The molecule has 5 nitrogen and oxygen atoms in total. The smallest absolute Gasteiger partial charge is 0.237 e. The fourth-order valence-corrected chi connectivity index (χ4v) is 1.29. The largest absolute Gasteiger partial charge is 0.368 e. The third-order valence-corrected chi connectivity index (χ3v) is 1.78. The van der Waals surface area contributed by atoms with E-state index in [1.54, 1.807) is 6.92 Å². The molecule has 0 aliphatic carbocycles. The normalized spacial score (nSPS) is 12.6. The van der Waals surface area contributed by atoms with Crippen molar-refractivity contribution in [1.29, 1.82) is 0 Å². The van der Waals surface area contributed by atoms with Crippen LogP contribution in [0.3, 0.4) is 0 Å². The highest BCUT2D eigenvalue weighted by Crippen LogP contribution is 2.02. The molecule has 0 aliphatic rings. The van der Waals surface area contributed by atoms with E-state index in [1.165, 1.54) is 4.90 Å². The van der Waals surface area contributed by atoms with Crippen LogP contribution in [0.25, 0.3) is 0 Å². The van der Waals surface area contributed by atoms with Gasteiger partial charge in [0.15, 0.2) is 0 Å². The molecule has 0 heterocycles. The third kappa shape index (κ3) is 6.90. The minimum atomic E-state index is -0.492. The second kappa shape index (κ2) is 6.40. The molecule has 2 amide bonds. The predicted octanol–water partition coefficient (Wildman–Crippen LogP) is -0.306. The van der Waals surface area contributed by atoms with E-state index < -0.39 is 5.91 Å². The summed E-state index contributed by atoms with van der Waals surface area (Å²) in [5.74, 6) is -0.299. The maximum absolute atomic E-state index is 11.7. The Morgan fingerprint density at radius 1 is 1.27 bits per heavy atom.